The number of nitrogen functional groups attached to an aromatic ring is 1. The van der Waals surface area contributed by atoms with E-state index >= 15 is 0 Å². The van der Waals surface area contributed by atoms with Crippen LogP contribution in [0.15, 0.2) is 17.1 Å². The molecule has 1 atom stereocenters. The first-order chi connectivity index (χ1) is 9.30. The summed E-state index contributed by atoms with van der Waals surface area (Å²) in [6.45, 7) is -0.583. The van der Waals surface area contributed by atoms with Crippen LogP contribution < -0.4 is 11.4 Å². The Morgan fingerprint density at radius 3 is 3.00 bits per heavy atom. The molecule has 3 rings (SSSR count). The zero-order valence-corrected chi connectivity index (χ0v) is 9.55. The van der Waals surface area contributed by atoms with Gasteiger partial charge in [0, 0.05) is 23.2 Å². The Kier molecular flexibility index (Phi) is 1.49. The molecule has 0 aliphatic heterocycles. The van der Waals surface area contributed by atoms with Crippen LogP contribution in [0.3, 0.4) is 0 Å². The quantitative estimate of drug-likeness (QED) is 0.853. The number of nitrogens with two attached hydrogens (primary N) is 1. The fraction of sp³-hybridized carbons (Fsp3) is 0.500. The van der Waals surface area contributed by atoms with Crippen LogP contribution in [0.4, 0.5) is 5.82 Å². The van der Waals surface area contributed by atoms with E-state index in [9.17, 15) is 4.79 Å². The maximum atomic E-state index is 12.5. The molecule has 2 heterocycles. The van der Waals surface area contributed by atoms with Gasteiger partial charge in [0.15, 0.2) is 0 Å². The first-order valence-corrected chi connectivity index (χ1v) is 5.69. The van der Waals surface area contributed by atoms with Crippen LogP contribution in [0.1, 0.15) is 29.9 Å². The zero-order chi connectivity index (χ0) is 14.7. The molecule has 0 bridgehead atoms. The van der Waals surface area contributed by atoms with Crippen molar-refractivity contribution in [3.63, 3.8) is 0 Å². The van der Waals surface area contributed by atoms with Crippen molar-refractivity contribution in [2.75, 3.05) is 5.73 Å². The highest BCUT2D eigenvalue weighted by molar-refractivity contribution is 5.77. The molecule has 0 aromatic carbocycles. The van der Waals surface area contributed by atoms with Gasteiger partial charge < -0.3 is 5.73 Å². The molecule has 0 spiro atoms. The maximum Gasteiger partial charge on any atom is 0.329 e. The SMILES string of the molecule is [2H]C([2H])([2H])n1c(=O)n(C(C)C2CC2)c2cc(N)ncc21. The summed E-state index contributed by atoms with van der Waals surface area (Å²) in [5, 5.41) is 0. The monoisotopic (exact) mass is 235 g/mol. The van der Waals surface area contributed by atoms with Crippen LogP contribution in [0, 0.1) is 5.92 Å². The molecule has 0 amide bonds. The van der Waals surface area contributed by atoms with Gasteiger partial charge in [0.1, 0.15) is 5.82 Å². The van der Waals surface area contributed by atoms with Gasteiger partial charge in [0.05, 0.1) is 17.2 Å². The number of rotatable bonds is 2. The highest BCUT2D eigenvalue weighted by Crippen LogP contribution is 2.39. The van der Waals surface area contributed by atoms with Crippen LogP contribution in [0.2, 0.25) is 0 Å². The van der Waals surface area contributed by atoms with Gasteiger partial charge in [-0.1, -0.05) is 0 Å². The van der Waals surface area contributed by atoms with E-state index in [0.717, 1.165) is 17.4 Å². The van der Waals surface area contributed by atoms with Crippen molar-refractivity contribution in [2.45, 2.75) is 25.8 Å². The minimum Gasteiger partial charge on any atom is -0.384 e. The molecular weight excluding hydrogens is 216 g/mol. The molecule has 1 aliphatic carbocycles. The van der Waals surface area contributed by atoms with E-state index in [0.29, 0.717) is 17.0 Å². The number of nitrogens with zero attached hydrogens (tertiary/aromatic N) is 3. The summed E-state index contributed by atoms with van der Waals surface area (Å²) in [6, 6.07) is 1.54. The van der Waals surface area contributed by atoms with E-state index in [-0.39, 0.29) is 11.9 Å². The van der Waals surface area contributed by atoms with E-state index in [1.807, 2.05) is 6.92 Å². The summed E-state index contributed by atoms with van der Waals surface area (Å²) >= 11 is 0. The van der Waals surface area contributed by atoms with E-state index in [1.165, 1.54) is 10.8 Å². The van der Waals surface area contributed by atoms with Crippen LogP contribution in [0.5, 0.6) is 0 Å². The second kappa shape index (κ2) is 3.35. The van der Waals surface area contributed by atoms with E-state index < -0.39 is 12.7 Å². The second-order valence-electron chi connectivity index (χ2n) is 4.66. The third-order valence-corrected chi connectivity index (χ3v) is 3.49. The molecule has 1 unspecified atom stereocenters. The molecule has 90 valence electrons. The van der Waals surface area contributed by atoms with Crippen molar-refractivity contribution in [3.8, 4) is 0 Å². The molecule has 0 radical (unpaired) electrons. The molecule has 1 aliphatic rings. The number of hydrogen-bond donors (Lipinski definition) is 1. The van der Waals surface area contributed by atoms with Crippen molar-refractivity contribution in [1.82, 2.24) is 14.1 Å². The number of fused-ring (bicyclic) bond motifs is 1. The molecular formula is C12H16N4O. The van der Waals surface area contributed by atoms with Crippen molar-refractivity contribution in [1.29, 1.82) is 0 Å². The van der Waals surface area contributed by atoms with Crippen molar-refractivity contribution in [2.24, 2.45) is 12.9 Å². The highest BCUT2D eigenvalue weighted by Gasteiger charge is 2.31. The van der Waals surface area contributed by atoms with Gasteiger partial charge in [-0.2, -0.15) is 0 Å². The topological polar surface area (TPSA) is 65.8 Å². The molecule has 17 heavy (non-hydrogen) atoms. The summed E-state index contributed by atoms with van der Waals surface area (Å²) < 4.78 is 25.0. The summed E-state index contributed by atoms with van der Waals surface area (Å²) in [5.41, 5.74) is 6.00. The van der Waals surface area contributed by atoms with Crippen molar-refractivity contribution < 1.29 is 4.11 Å². The number of anilines is 1. The summed E-state index contributed by atoms with van der Waals surface area (Å²) in [4.78, 5) is 16.4. The van der Waals surface area contributed by atoms with Gasteiger partial charge >= 0.3 is 5.69 Å². The second-order valence-corrected chi connectivity index (χ2v) is 4.66. The average Bonchev–Trinajstić information content (AvgIpc) is 3.11. The number of imidazole rings is 1. The predicted molar refractivity (Wildman–Crippen MR) is 66.8 cm³/mol. The minimum absolute atomic E-state index is 0.0320. The predicted octanol–water partition coefficient (Wildman–Crippen LogP) is 1.29. The van der Waals surface area contributed by atoms with E-state index in [4.69, 9.17) is 9.85 Å². The average molecular weight is 235 g/mol. The summed E-state index contributed by atoms with van der Waals surface area (Å²) in [6.07, 6.45) is 3.48. The normalized spacial score (nSPS) is 20.9. The van der Waals surface area contributed by atoms with Crippen molar-refractivity contribution in [3.05, 3.63) is 22.7 Å². The van der Waals surface area contributed by atoms with Gasteiger partial charge in [0.2, 0.25) is 0 Å². The Bertz CT molecular complexity index is 727. The van der Waals surface area contributed by atoms with Gasteiger partial charge in [-0.05, 0) is 25.7 Å². The van der Waals surface area contributed by atoms with Crippen LogP contribution in [0.25, 0.3) is 11.0 Å². The highest BCUT2D eigenvalue weighted by atomic mass is 16.1. The van der Waals surface area contributed by atoms with Gasteiger partial charge in [0.25, 0.3) is 0 Å². The van der Waals surface area contributed by atoms with Gasteiger partial charge in [-0.3, -0.25) is 9.13 Å². The maximum absolute atomic E-state index is 12.5. The minimum atomic E-state index is -2.53. The van der Waals surface area contributed by atoms with E-state index in [2.05, 4.69) is 4.98 Å². The lowest BCUT2D eigenvalue weighted by molar-refractivity contribution is 0.478. The molecule has 2 N–H and O–H groups in total. The number of hydrogen-bond acceptors (Lipinski definition) is 3. The first-order valence-electron chi connectivity index (χ1n) is 7.19. The number of aromatic nitrogens is 3. The molecule has 2 aromatic heterocycles. The van der Waals surface area contributed by atoms with Gasteiger partial charge in [-0.15, -0.1) is 0 Å². The molecule has 1 fully saturated rings. The lowest BCUT2D eigenvalue weighted by Crippen LogP contribution is -2.25. The van der Waals surface area contributed by atoms with Crippen molar-refractivity contribution >= 4 is 16.9 Å². The van der Waals surface area contributed by atoms with Gasteiger partial charge in [-0.25, -0.2) is 9.78 Å². The summed E-state index contributed by atoms with van der Waals surface area (Å²) in [5.74, 6) is 0.703. The largest absolute Gasteiger partial charge is 0.384 e. The molecule has 5 heteroatoms. The standard InChI is InChI=1S/C12H16N4O/c1-7(8-3-4-8)16-9-5-11(13)14-6-10(9)15(2)12(16)17/h5-8H,3-4H2,1-2H3,(H2,13,14)/i2D3. The van der Waals surface area contributed by atoms with Crippen LogP contribution >= 0.6 is 0 Å². The Balaban J connectivity index is 2.35. The van der Waals surface area contributed by atoms with Crippen LogP contribution in [-0.4, -0.2) is 14.1 Å². The smallest absolute Gasteiger partial charge is 0.329 e. The first kappa shape index (κ1) is 7.53. The summed E-state index contributed by atoms with van der Waals surface area (Å²) in [7, 11) is 0. The Hall–Kier alpha value is -1.78. The molecule has 5 nitrogen and oxygen atoms in total. The van der Waals surface area contributed by atoms with Crippen LogP contribution in [-0.2, 0) is 6.98 Å². The third-order valence-electron chi connectivity index (χ3n) is 3.49. The Labute approximate surface area is 103 Å². The molecule has 2 aromatic rings. The van der Waals surface area contributed by atoms with E-state index in [1.54, 1.807) is 6.07 Å². The fourth-order valence-corrected chi connectivity index (χ4v) is 2.32. The number of aryl methyl sites for hydroxylation is 1. The lowest BCUT2D eigenvalue weighted by Gasteiger charge is -2.12. The zero-order valence-electron chi connectivity index (χ0n) is 12.6. The third kappa shape index (κ3) is 1.45. The number of pyridine rings is 1. The fourth-order valence-electron chi connectivity index (χ4n) is 2.32. The lowest BCUT2D eigenvalue weighted by atomic mass is 10.2. The Morgan fingerprint density at radius 1 is 1.59 bits per heavy atom. The Morgan fingerprint density at radius 2 is 2.35 bits per heavy atom. The molecule has 0 saturated heterocycles. The molecule has 1 saturated carbocycles.